The number of nitrogens with zero attached hydrogens (tertiary/aromatic N) is 1. The smallest absolute Gasteiger partial charge is 0.226 e. The summed E-state index contributed by atoms with van der Waals surface area (Å²) in [5.74, 6) is -0.0413. The minimum atomic E-state index is -0.544. The number of aromatic hydroxyl groups is 1. The van der Waals surface area contributed by atoms with Crippen molar-refractivity contribution in [2.45, 2.75) is 31.9 Å². The van der Waals surface area contributed by atoms with Gasteiger partial charge in [0.05, 0.1) is 5.92 Å². The second-order valence-corrected chi connectivity index (χ2v) is 6.71. The van der Waals surface area contributed by atoms with Crippen LogP contribution in [0.4, 0.5) is 0 Å². The van der Waals surface area contributed by atoms with Gasteiger partial charge in [-0.3, -0.25) is 14.5 Å². The van der Waals surface area contributed by atoms with Gasteiger partial charge >= 0.3 is 0 Å². The molecule has 0 fully saturated rings. The Kier molecular flexibility index (Phi) is 3.80. The Labute approximate surface area is 151 Å². The van der Waals surface area contributed by atoms with Crippen molar-refractivity contribution < 1.29 is 19.4 Å². The van der Waals surface area contributed by atoms with Gasteiger partial charge in [-0.2, -0.15) is 0 Å². The van der Waals surface area contributed by atoms with E-state index in [1.165, 1.54) is 18.7 Å². The van der Waals surface area contributed by atoms with Gasteiger partial charge in [0, 0.05) is 30.2 Å². The van der Waals surface area contributed by atoms with E-state index in [0.717, 1.165) is 11.1 Å². The van der Waals surface area contributed by atoms with Gasteiger partial charge in [-0.1, -0.05) is 30.3 Å². The molecule has 4 rings (SSSR count). The molecule has 0 unspecified atom stereocenters. The predicted molar refractivity (Wildman–Crippen MR) is 95.7 cm³/mol. The molecule has 1 N–H and O–H groups in total. The van der Waals surface area contributed by atoms with Crippen LogP contribution in [-0.4, -0.2) is 27.9 Å². The van der Waals surface area contributed by atoms with Gasteiger partial charge in [0.1, 0.15) is 11.5 Å². The minimum absolute atomic E-state index is 0.0860. The van der Waals surface area contributed by atoms with Gasteiger partial charge in [-0.15, -0.1) is 0 Å². The fourth-order valence-corrected chi connectivity index (χ4v) is 3.96. The lowest BCUT2D eigenvalue weighted by Crippen LogP contribution is -2.46. The second kappa shape index (κ2) is 6.02. The number of hydrogen-bond acceptors (Lipinski definition) is 4. The first-order valence-corrected chi connectivity index (χ1v) is 8.53. The second-order valence-electron chi connectivity index (χ2n) is 6.71. The van der Waals surface area contributed by atoms with E-state index in [0.29, 0.717) is 11.3 Å². The van der Waals surface area contributed by atoms with Crippen LogP contribution < -0.4 is 4.74 Å². The number of benzene rings is 2. The zero-order chi connectivity index (χ0) is 18.4. The van der Waals surface area contributed by atoms with Crippen molar-refractivity contribution in [2.75, 3.05) is 0 Å². The molecule has 26 heavy (non-hydrogen) atoms. The summed E-state index contributed by atoms with van der Waals surface area (Å²) >= 11 is 0. The summed E-state index contributed by atoms with van der Waals surface area (Å²) in [4.78, 5) is 26.1. The summed E-state index contributed by atoms with van der Waals surface area (Å²) in [6.45, 7) is 2.97. The lowest BCUT2D eigenvalue weighted by atomic mass is 9.73. The van der Waals surface area contributed by atoms with E-state index in [4.69, 9.17) is 4.74 Å². The molecule has 2 aromatic rings. The first kappa shape index (κ1) is 16.4. The average molecular weight is 349 g/mol. The Bertz CT molecular complexity index is 919. The molecule has 2 heterocycles. The molecule has 2 aromatic carbocycles. The molecule has 5 nitrogen and oxygen atoms in total. The highest BCUT2D eigenvalue weighted by Gasteiger charge is 2.49. The number of phenols is 1. The molecule has 0 saturated heterocycles. The number of rotatable bonds is 2. The average Bonchev–Trinajstić information content (AvgIpc) is 2.99. The number of Topliss-reactive ketones (excluding diaryl/α,β-unsaturated/α-hetero) is 1. The fourth-order valence-electron chi connectivity index (χ4n) is 3.96. The number of ether oxygens (including phenoxy) is 1. The molecule has 2 aliphatic heterocycles. The van der Waals surface area contributed by atoms with Crippen molar-refractivity contribution in [1.82, 2.24) is 4.90 Å². The van der Waals surface area contributed by atoms with Crippen LogP contribution >= 0.6 is 0 Å². The van der Waals surface area contributed by atoms with Crippen LogP contribution in [-0.2, 0) is 9.59 Å². The standard InChI is InChI=1S/C21H19NO4/c1-12(23)17-11-22(13(2)24)21-20(19(17)14-6-4-3-5-7-14)16-10-15(25)8-9-18(16)26-21/h3-11,19-21,25H,1-2H3/t19-,20-,21+/m0/s1. The number of amides is 1. The van der Waals surface area contributed by atoms with Crippen LogP contribution in [0.1, 0.15) is 36.8 Å². The van der Waals surface area contributed by atoms with Crippen molar-refractivity contribution in [1.29, 1.82) is 0 Å². The van der Waals surface area contributed by atoms with E-state index in [2.05, 4.69) is 0 Å². The highest BCUT2D eigenvalue weighted by Crippen LogP contribution is 2.53. The molecule has 3 atom stereocenters. The van der Waals surface area contributed by atoms with Crippen LogP contribution in [0.15, 0.2) is 60.3 Å². The van der Waals surface area contributed by atoms with E-state index in [1.807, 2.05) is 30.3 Å². The normalized spacial score (nSPS) is 23.5. The van der Waals surface area contributed by atoms with Crippen LogP contribution in [0, 0.1) is 0 Å². The maximum atomic E-state index is 12.4. The summed E-state index contributed by atoms with van der Waals surface area (Å²) in [6, 6.07) is 14.7. The fraction of sp³-hybridized carbons (Fsp3) is 0.238. The topological polar surface area (TPSA) is 66.8 Å². The first-order chi connectivity index (χ1) is 12.5. The number of allylic oxidation sites excluding steroid dienone is 1. The Morgan fingerprint density at radius 2 is 1.81 bits per heavy atom. The predicted octanol–water partition coefficient (Wildman–Crippen LogP) is 3.31. The third kappa shape index (κ3) is 2.47. The minimum Gasteiger partial charge on any atom is -0.508 e. The summed E-state index contributed by atoms with van der Waals surface area (Å²) in [5, 5.41) is 9.98. The van der Waals surface area contributed by atoms with E-state index < -0.39 is 6.23 Å². The van der Waals surface area contributed by atoms with Crippen molar-refractivity contribution in [2.24, 2.45) is 0 Å². The molecule has 0 saturated carbocycles. The summed E-state index contributed by atoms with van der Waals surface area (Å²) in [5.41, 5.74) is 2.35. The quantitative estimate of drug-likeness (QED) is 0.903. The lowest BCUT2D eigenvalue weighted by Gasteiger charge is -2.39. The molecule has 0 aliphatic carbocycles. The SMILES string of the molecule is CC(=O)C1=CN(C(C)=O)[C@@H]2Oc3ccc(O)cc3[C@H]2[C@H]1c1ccccc1. The van der Waals surface area contributed by atoms with E-state index in [-0.39, 0.29) is 29.3 Å². The van der Waals surface area contributed by atoms with Crippen molar-refractivity contribution in [3.63, 3.8) is 0 Å². The number of ketones is 1. The maximum absolute atomic E-state index is 12.4. The Balaban J connectivity index is 1.95. The molecule has 0 bridgehead atoms. The highest BCUT2D eigenvalue weighted by atomic mass is 16.5. The largest absolute Gasteiger partial charge is 0.508 e. The number of phenolic OH excluding ortho intramolecular Hbond substituents is 1. The molecule has 0 spiro atoms. The van der Waals surface area contributed by atoms with E-state index in [1.54, 1.807) is 24.4 Å². The van der Waals surface area contributed by atoms with Crippen LogP contribution in [0.5, 0.6) is 11.5 Å². The van der Waals surface area contributed by atoms with Crippen molar-refractivity contribution >= 4 is 11.7 Å². The molecule has 132 valence electrons. The summed E-state index contributed by atoms with van der Waals surface area (Å²) in [7, 11) is 0. The molecule has 5 heteroatoms. The Morgan fingerprint density at radius 3 is 2.46 bits per heavy atom. The number of fused-ring (bicyclic) bond motifs is 3. The molecule has 1 amide bonds. The van der Waals surface area contributed by atoms with Crippen LogP contribution in [0.3, 0.4) is 0 Å². The Morgan fingerprint density at radius 1 is 1.08 bits per heavy atom. The van der Waals surface area contributed by atoms with E-state index >= 15 is 0 Å². The van der Waals surface area contributed by atoms with Crippen LogP contribution in [0.25, 0.3) is 0 Å². The third-order valence-corrected chi connectivity index (χ3v) is 5.08. The zero-order valence-corrected chi connectivity index (χ0v) is 14.5. The number of carbonyl (C=O) groups is 2. The number of carbonyl (C=O) groups excluding carboxylic acids is 2. The van der Waals surface area contributed by atoms with Crippen LogP contribution in [0.2, 0.25) is 0 Å². The van der Waals surface area contributed by atoms with Gasteiger partial charge in [-0.05, 0) is 30.7 Å². The van der Waals surface area contributed by atoms with E-state index in [9.17, 15) is 14.7 Å². The van der Waals surface area contributed by atoms with Crippen molar-refractivity contribution in [3.8, 4) is 11.5 Å². The maximum Gasteiger partial charge on any atom is 0.226 e. The van der Waals surface area contributed by atoms with Gasteiger partial charge in [0.15, 0.2) is 12.0 Å². The molecular formula is C21H19NO4. The molecule has 2 aliphatic rings. The third-order valence-electron chi connectivity index (χ3n) is 5.08. The van der Waals surface area contributed by atoms with Crippen molar-refractivity contribution in [3.05, 3.63) is 71.4 Å². The van der Waals surface area contributed by atoms with Gasteiger partial charge in [-0.25, -0.2) is 0 Å². The Hall–Kier alpha value is -3.08. The molecule has 0 aromatic heterocycles. The summed E-state index contributed by atoms with van der Waals surface area (Å²) < 4.78 is 6.06. The van der Waals surface area contributed by atoms with Gasteiger partial charge in [0.25, 0.3) is 0 Å². The zero-order valence-electron chi connectivity index (χ0n) is 14.5. The molecular weight excluding hydrogens is 330 g/mol. The van der Waals surface area contributed by atoms with Gasteiger partial charge < -0.3 is 9.84 Å². The lowest BCUT2D eigenvalue weighted by molar-refractivity contribution is -0.134. The molecule has 0 radical (unpaired) electrons. The van der Waals surface area contributed by atoms with Gasteiger partial charge in [0.2, 0.25) is 5.91 Å². The monoisotopic (exact) mass is 349 g/mol. The summed E-state index contributed by atoms with van der Waals surface area (Å²) in [6.07, 6.45) is 1.08. The number of hydrogen-bond donors (Lipinski definition) is 1. The highest BCUT2D eigenvalue weighted by molar-refractivity contribution is 5.96. The first-order valence-electron chi connectivity index (χ1n) is 8.53.